The maximum absolute atomic E-state index is 14.5. The molecule has 0 aromatic heterocycles. The number of amides is 2. The molecule has 1 unspecified atom stereocenters. The molecule has 4 aliphatic rings. The highest BCUT2D eigenvalue weighted by Gasteiger charge is 2.61. The second-order valence-corrected chi connectivity index (χ2v) is 13.7. The van der Waals surface area contributed by atoms with E-state index in [9.17, 15) is 24.9 Å². The van der Waals surface area contributed by atoms with Crippen LogP contribution in [0.4, 0.5) is 4.79 Å². The minimum atomic E-state index is -1.95. The molecule has 4 heterocycles. The summed E-state index contributed by atoms with van der Waals surface area (Å²) in [4.78, 5) is 30.8. The first-order chi connectivity index (χ1) is 21.4. The van der Waals surface area contributed by atoms with Gasteiger partial charge in [0.2, 0.25) is 16.5 Å². The number of rotatable bonds is 6. The minimum Gasteiger partial charge on any atom is -0.504 e. The summed E-state index contributed by atoms with van der Waals surface area (Å²) in [5, 5.41) is 34.8. The highest BCUT2D eigenvalue weighted by molar-refractivity contribution is 6.67. The van der Waals surface area contributed by atoms with Crippen LogP contribution < -0.4 is 18.9 Å². The van der Waals surface area contributed by atoms with Gasteiger partial charge in [-0.1, -0.05) is 40.9 Å². The smallest absolute Gasteiger partial charge is 0.411 e. The van der Waals surface area contributed by atoms with E-state index in [2.05, 4.69) is 0 Å². The van der Waals surface area contributed by atoms with Crippen molar-refractivity contribution < 1.29 is 53.3 Å². The Morgan fingerprint density at radius 2 is 1.82 bits per heavy atom. The first kappa shape index (κ1) is 31.9. The fourth-order valence-electron chi connectivity index (χ4n) is 7.14. The lowest BCUT2D eigenvalue weighted by atomic mass is 9.72. The van der Waals surface area contributed by atoms with Gasteiger partial charge in [-0.15, -0.1) is 0 Å². The topological polar surface area (TPSA) is 157 Å². The number of phenols is 1. The number of ether oxygens (including phenoxy) is 6. The van der Waals surface area contributed by atoms with Gasteiger partial charge in [-0.25, -0.2) is 4.79 Å². The molecule has 2 bridgehead atoms. The molecule has 2 amide bonds. The van der Waals surface area contributed by atoms with Gasteiger partial charge in [0, 0.05) is 35.8 Å². The molecule has 0 aliphatic carbocycles. The largest absolute Gasteiger partial charge is 0.504 e. The first-order valence-electron chi connectivity index (χ1n) is 14.0. The zero-order valence-electron chi connectivity index (χ0n) is 24.6. The average molecular weight is 690 g/mol. The number of hydrogen-bond donors (Lipinski definition) is 3. The molecular formula is C29H31Cl3N2O11. The molecule has 13 nitrogen and oxygen atoms in total. The van der Waals surface area contributed by atoms with Crippen LogP contribution in [0.5, 0.6) is 28.7 Å². The molecule has 1 fully saturated rings. The third kappa shape index (κ3) is 4.86. The Morgan fingerprint density at radius 1 is 1.11 bits per heavy atom. The van der Waals surface area contributed by atoms with Crippen molar-refractivity contribution in [3.63, 3.8) is 0 Å². The van der Waals surface area contributed by atoms with E-state index in [1.165, 1.54) is 19.1 Å². The van der Waals surface area contributed by atoms with Crippen molar-refractivity contribution in [2.75, 3.05) is 41.0 Å². The molecule has 45 heavy (non-hydrogen) atoms. The quantitative estimate of drug-likeness (QED) is 0.301. The van der Waals surface area contributed by atoms with Crippen LogP contribution in [0.1, 0.15) is 51.6 Å². The Bertz CT molecular complexity index is 1570. The van der Waals surface area contributed by atoms with Crippen molar-refractivity contribution in [2.45, 2.75) is 54.3 Å². The van der Waals surface area contributed by atoms with Gasteiger partial charge in [-0.3, -0.25) is 9.69 Å². The fourth-order valence-corrected chi connectivity index (χ4v) is 7.31. The summed E-state index contributed by atoms with van der Waals surface area (Å²) in [6.07, 6.45) is -2.59. The van der Waals surface area contributed by atoms with E-state index in [0.29, 0.717) is 28.0 Å². The molecular weight excluding hydrogens is 659 g/mol. The second kappa shape index (κ2) is 11.6. The zero-order valence-corrected chi connectivity index (χ0v) is 26.9. The molecule has 0 spiro atoms. The normalized spacial score (nSPS) is 24.6. The number of halogens is 3. The Labute approximate surface area is 272 Å². The van der Waals surface area contributed by atoms with E-state index in [0.717, 1.165) is 4.90 Å². The van der Waals surface area contributed by atoms with Crippen molar-refractivity contribution >= 4 is 46.8 Å². The molecule has 6 rings (SSSR count). The summed E-state index contributed by atoms with van der Waals surface area (Å²) in [6.45, 7) is 1.91. The Hall–Kier alpha value is -3.07. The number of carbonyl (C=O) groups excluding carboxylic acids is 2. The molecule has 2 aromatic carbocycles. The Kier molecular flexibility index (Phi) is 8.24. The van der Waals surface area contributed by atoms with Gasteiger partial charge in [-0.2, -0.15) is 0 Å². The number of hydrogen-bond acceptors (Lipinski definition) is 11. The predicted octanol–water partition coefficient (Wildman–Crippen LogP) is 3.50. The molecule has 0 radical (unpaired) electrons. The number of fused-ring (bicyclic) bond motifs is 9. The lowest BCUT2D eigenvalue weighted by molar-refractivity contribution is -0.167. The maximum Gasteiger partial charge on any atom is 0.411 e. The second-order valence-electron chi connectivity index (χ2n) is 11.2. The molecule has 4 aliphatic heterocycles. The number of carbonyl (C=O) groups is 2. The van der Waals surface area contributed by atoms with Crippen molar-refractivity contribution in [1.29, 1.82) is 0 Å². The number of phenolic OH excluding ortho intramolecular Hbond substituents is 1. The van der Waals surface area contributed by atoms with Crippen LogP contribution in [0.15, 0.2) is 6.07 Å². The maximum atomic E-state index is 14.5. The summed E-state index contributed by atoms with van der Waals surface area (Å²) >= 11 is 17.6. The minimum absolute atomic E-state index is 0.0237. The predicted molar refractivity (Wildman–Crippen MR) is 158 cm³/mol. The third-order valence-electron chi connectivity index (χ3n) is 8.72. The first-order valence-corrected chi connectivity index (χ1v) is 15.1. The van der Waals surface area contributed by atoms with Gasteiger partial charge >= 0.3 is 6.09 Å². The van der Waals surface area contributed by atoms with E-state index in [1.807, 2.05) is 0 Å². The van der Waals surface area contributed by atoms with Crippen molar-refractivity contribution in [3.05, 3.63) is 39.4 Å². The van der Waals surface area contributed by atoms with Crippen molar-refractivity contribution in [1.82, 2.24) is 9.80 Å². The van der Waals surface area contributed by atoms with Gasteiger partial charge in [0.05, 0.1) is 31.8 Å². The number of nitrogens with zero attached hydrogens (tertiary/aromatic N) is 2. The SMILES string of the molecule is COCOc1c(C)c2c(c3c1[C@H](O)[C@H]1C4c5c(cc(C)c(OC)c5O)C[C@@H](C(=O)N1[C@H]3CO)N4C(=O)OCC(Cl)(Cl)Cl)OCO2. The number of aryl methyl sites for hydroxylation is 1. The van der Waals surface area contributed by atoms with Crippen LogP contribution in [0, 0.1) is 13.8 Å². The number of methoxy groups -OCH3 is 2. The number of benzene rings is 2. The Balaban J connectivity index is 1.61. The van der Waals surface area contributed by atoms with Gasteiger partial charge in [0.15, 0.2) is 29.8 Å². The molecule has 5 atom stereocenters. The van der Waals surface area contributed by atoms with Gasteiger partial charge < -0.3 is 48.6 Å². The van der Waals surface area contributed by atoms with Crippen LogP contribution in [-0.2, 0) is 20.7 Å². The number of piperazine rings is 1. The van der Waals surface area contributed by atoms with Crippen molar-refractivity contribution in [2.24, 2.45) is 0 Å². The highest BCUT2D eigenvalue weighted by Crippen LogP contribution is 2.60. The number of aliphatic hydroxyl groups is 2. The standard InChI is InChI=1S/C29H31Cl3N2O11/c1-11-5-13-6-14-27(38)33-15(7-35)17-18(24(43-9-40-3)12(2)25-26(17)45-10-44-25)21(36)20(33)19(16(13)22(37)23(11)41-4)34(14)28(39)42-8-29(30,31)32/h5,14-15,19-21,35-37H,6-10H2,1-4H3/t14-,15-,19?,20+,21-/m0/s1. The summed E-state index contributed by atoms with van der Waals surface area (Å²) in [5.41, 5.74) is 2.40. The monoisotopic (exact) mass is 688 g/mol. The van der Waals surface area contributed by atoms with E-state index in [4.69, 9.17) is 63.2 Å². The number of aromatic hydroxyl groups is 1. The zero-order chi connectivity index (χ0) is 32.5. The van der Waals surface area contributed by atoms with Crippen LogP contribution in [-0.4, -0.2) is 94.0 Å². The van der Waals surface area contributed by atoms with Gasteiger partial charge in [-0.05, 0) is 25.0 Å². The van der Waals surface area contributed by atoms with E-state index < -0.39 is 59.3 Å². The average Bonchev–Trinajstić information content (AvgIpc) is 3.48. The highest BCUT2D eigenvalue weighted by atomic mass is 35.6. The lowest BCUT2D eigenvalue weighted by Crippen LogP contribution is -2.69. The van der Waals surface area contributed by atoms with Crippen molar-refractivity contribution in [3.8, 4) is 28.7 Å². The summed E-state index contributed by atoms with van der Waals surface area (Å²) in [6, 6.07) is -2.96. The Morgan fingerprint density at radius 3 is 2.47 bits per heavy atom. The van der Waals surface area contributed by atoms with E-state index >= 15 is 0 Å². The molecule has 2 aromatic rings. The third-order valence-corrected chi connectivity index (χ3v) is 9.05. The number of aliphatic hydroxyl groups excluding tert-OH is 2. The molecule has 0 saturated carbocycles. The summed E-state index contributed by atoms with van der Waals surface area (Å²) < 4.78 is 31.6. The fraction of sp³-hybridized carbons (Fsp3) is 0.517. The summed E-state index contributed by atoms with van der Waals surface area (Å²) in [7, 11) is 2.82. The molecule has 1 saturated heterocycles. The molecule has 16 heteroatoms. The van der Waals surface area contributed by atoms with Crippen LogP contribution in [0.2, 0.25) is 0 Å². The molecule has 3 N–H and O–H groups in total. The van der Waals surface area contributed by atoms with Crippen LogP contribution >= 0.6 is 34.8 Å². The number of alkyl halides is 3. The van der Waals surface area contributed by atoms with Crippen LogP contribution in [0.25, 0.3) is 0 Å². The van der Waals surface area contributed by atoms with E-state index in [-0.39, 0.29) is 54.1 Å². The molecule has 244 valence electrons. The summed E-state index contributed by atoms with van der Waals surface area (Å²) in [5.74, 6) is 0.0830. The van der Waals surface area contributed by atoms with Gasteiger partial charge in [0.1, 0.15) is 24.5 Å². The van der Waals surface area contributed by atoms with E-state index in [1.54, 1.807) is 19.9 Å². The lowest BCUT2D eigenvalue weighted by Gasteiger charge is -2.58. The van der Waals surface area contributed by atoms with Crippen LogP contribution in [0.3, 0.4) is 0 Å². The van der Waals surface area contributed by atoms with Gasteiger partial charge in [0.25, 0.3) is 0 Å².